The number of rotatable bonds is 5. The van der Waals surface area contributed by atoms with Crippen molar-refractivity contribution in [2.45, 2.75) is 51.6 Å². The Morgan fingerprint density at radius 1 is 1.10 bits per heavy atom. The Labute approximate surface area is 176 Å². The van der Waals surface area contributed by atoms with Crippen molar-refractivity contribution >= 4 is 16.8 Å². The van der Waals surface area contributed by atoms with Gasteiger partial charge in [0.15, 0.2) is 0 Å². The zero-order valence-electron chi connectivity index (χ0n) is 17.6. The van der Waals surface area contributed by atoms with Crippen LogP contribution in [0.4, 0.5) is 0 Å². The lowest BCUT2D eigenvalue weighted by atomic mass is 9.93. The second-order valence-electron chi connectivity index (χ2n) is 8.12. The van der Waals surface area contributed by atoms with Gasteiger partial charge in [0.1, 0.15) is 5.75 Å². The van der Waals surface area contributed by atoms with Gasteiger partial charge in [0.25, 0.3) is 11.5 Å². The first-order valence-electron chi connectivity index (χ1n) is 10.6. The Morgan fingerprint density at radius 2 is 1.83 bits per heavy atom. The number of aryl methyl sites for hydroxylation is 1. The first-order chi connectivity index (χ1) is 14.6. The van der Waals surface area contributed by atoms with E-state index in [0.717, 1.165) is 47.9 Å². The first kappa shape index (κ1) is 20.2. The van der Waals surface area contributed by atoms with Crippen LogP contribution in [0.15, 0.2) is 53.3 Å². The molecule has 1 aliphatic rings. The molecule has 1 N–H and O–H groups in total. The molecule has 0 aliphatic heterocycles. The largest absolute Gasteiger partial charge is 0.497 e. The molecule has 156 valence electrons. The lowest BCUT2D eigenvalue weighted by molar-refractivity contribution is 0.0613. The summed E-state index contributed by atoms with van der Waals surface area (Å²) in [4.78, 5) is 31.2. The van der Waals surface area contributed by atoms with Crippen molar-refractivity contribution in [2.24, 2.45) is 0 Å². The fourth-order valence-electron chi connectivity index (χ4n) is 4.39. The lowest BCUT2D eigenvalue weighted by Crippen LogP contribution is -2.42. The van der Waals surface area contributed by atoms with Crippen molar-refractivity contribution in [1.82, 2.24) is 9.88 Å². The van der Waals surface area contributed by atoms with Gasteiger partial charge in [0.05, 0.1) is 19.2 Å². The van der Waals surface area contributed by atoms with Gasteiger partial charge in [-0.2, -0.15) is 0 Å². The third-order valence-corrected chi connectivity index (χ3v) is 6.12. The van der Waals surface area contributed by atoms with Gasteiger partial charge < -0.3 is 14.6 Å². The Morgan fingerprint density at radius 3 is 2.53 bits per heavy atom. The second-order valence-corrected chi connectivity index (χ2v) is 8.12. The lowest BCUT2D eigenvalue weighted by Gasteiger charge is -2.34. The average molecular weight is 405 g/mol. The number of pyridine rings is 1. The molecule has 2 aromatic carbocycles. The molecule has 1 aromatic heterocycles. The predicted molar refractivity (Wildman–Crippen MR) is 119 cm³/mol. The van der Waals surface area contributed by atoms with E-state index in [1.54, 1.807) is 31.4 Å². The molecule has 0 radical (unpaired) electrons. The van der Waals surface area contributed by atoms with E-state index >= 15 is 0 Å². The number of amides is 1. The molecule has 0 bridgehead atoms. The predicted octanol–water partition coefficient (Wildman–Crippen LogP) is 4.82. The maximum atomic E-state index is 13.4. The fourth-order valence-corrected chi connectivity index (χ4v) is 4.39. The number of hydrogen-bond acceptors (Lipinski definition) is 3. The van der Waals surface area contributed by atoms with Gasteiger partial charge in [-0.3, -0.25) is 9.59 Å². The van der Waals surface area contributed by atoms with Gasteiger partial charge in [-0.15, -0.1) is 0 Å². The standard InChI is InChI=1S/C25H28N2O3/c1-17-7-6-8-19-15-20(24(28)26-23(17)19)16-27(21-9-4-3-5-10-21)25(29)18-11-13-22(30-2)14-12-18/h6-8,11-15,21H,3-5,9-10,16H2,1-2H3,(H,26,28). The summed E-state index contributed by atoms with van der Waals surface area (Å²) in [6.45, 7) is 2.30. The molecule has 1 saturated carbocycles. The molecule has 3 aromatic rings. The molecule has 1 heterocycles. The normalized spacial score (nSPS) is 14.6. The third kappa shape index (κ3) is 4.11. The highest BCUT2D eigenvalue weighted by Crippen LogP contribution is 2.26. The van der Waals surface area contributed by atoms with Gasteiger partial charge in [-0.25, -0.2) is 0 Å². The van der Waals surface area contributed by atoms with Crippen LogP contribution in [-0.4, -0.2) is 28.9 Å². The molecule has 5 nitrogen and oxygen atoms in total. The quantitative estimate of drug-likeness (QED) is 0.663. The van der Waals surface area contributed by atoms with Crippen LogP contribution in [0.3, 0.4) is 0 Å². The van der Waals surface area contributed by atoms with Crippen molar-refractivity contribution in [3.8, 4) is 5.75 Å². The van der Waals surface area contributed by atoms with E-state index < -0.39 is 0 Å². The Bertz CT molecular complexity index is 1100. The summed E-state index contributed by atoms with van der Waals surface area (Å²) < 4.78 is 5.22. The molecule has 0 saturated heterocycles. The number of carbonyl (C=O) groups excluding carboxylic acids is 1. The maximum absolute atomic E-state index is 13.4. The van der Waals surface area contributed by atoms with Crippen molar-refractivity contribution in [2.75, 3.05) is 7.11 Å². The minimum Gasteiger partial charge on any atom is -0.497 e. The SMILES string of the molecule is COc1ccc(C(=O)N(Cc2cc3cccc(C)c3[nH]c2=O)C2CCCCC2)cc1. The summed E-state index contributed by atoms with van der Waals surface area (Å²) in [5.41, 5.74) is 3.02. The van der Waals surface area contributed by atoms with Crippen molar-refractivity contribution in [1.29, 1.82) is 0 Å². The number of fused-ring (bicyclic) bond motifs is 1. The number of para-hydroxylation sites is 1. The van der Waals surface area contributed by atoms with Gasteiger partial charge in [-0.05, 0) is 61.0 Å². The fraction of sp³-hybridized carbons (Fsp3) is 0.360. The van der Waals surface area contributed by atoms with Crippen molar-refractivity contribution in [3.05, 3.63) is 75.6 Å². The minimum atomic E-state index is -0.125. The molecule has 1 amide bonds. The van der Waals surface area contributed by atoms with Crippen LogP contribution in [0.5, 0.6) is 5.75 Å². The highest BCUT2D eigenvalue weighted by molar-refractivity contribution is 5.94. The Hall–Kier alpha value is -3.08. The Kier molecular flexibility index (Phi) is 5.88. The molecule has 0 spiro atoms. The van der Waals surface area contributed by atoms with E-state index in [4.69, 9.17) is 4.74 Å². The van der Waals surface area contributed by atoms with Crippen LogP contribution in [-0.2, 0) is 6.54 Å². The molecule has 0 atom stereocenters. The van der Waals surface area contributed by atoms with E-state index in [1.165, 1.54) is 6.42 Å². The number of aromatic amines is 1. The number of hydrogen-bond donors (Lipinski definition) is 1. The van der Waals surface area contributed by atoms with Crippen molar-refractivity contribution in [3.63, 3.8) is 0 Å². The monoisotopic (exact) mass is 404 g/mol. The summed E-state index contributed by atoms with van der Waals surface area (Å²) >= 11 is 0. The summed E-state index contributed by atoms with van der Waals surface area (Å²) in [5, 5.41) is 0.991. The summed E-state index contributed by atoms with van der Waals surface area (Å²) in [5.74, 6) is 0.686. The topological polar surface area (TPSA) is 62.4 Å². The van der Waals surface area contributed by atoms with E-state index in [2.05, 4.69) is 4.98 Å². The smallest absolute Gasteiger partial charge is 0.254 e. The molecular formula is C25H28N2O3. The highest BCUT2D eigenvalue weighted by Gasteiger charge is 2.27. The number of nitrogens with zero attached hydrogens (tertiary/aromatic N) is 1. The van der Waals surface area contributed by atoms with Gasteiger partial charge in [0, 0.05) is 17.2 Å². The third-order valence-electron chi connectivity index (χ3n) is 6.12. The number of carbonyl (C=O) groups is 1. The molecule has 1 fully saturated rings. The summed E-state index contributed by atoms with van der Waals surface area (Å²) in [6, 6.07) is 15.3. The number of nitrogens with one attached hydrogen (secondary N) is 1. The van der Waals surface area contributed by atoms with E-state index in [0.29, 0.717) is 17.7 Å². The van der Waals surface area contributed by atoms with Crippen LogP contribution in [0.25, 0.3) is 10.9 Å². The molecule has 5 heteroatoms. The molecule has 30 heavy (non-hydrogen) atoms. The highest BCUT2D eigenvalue weighted by atomic mass is 16.5. The average Bonchev–Trinajstić information content (AvgIpc) is 2.78. The van der Waals surface area contributed by atoms with Crippen LogP contribution < -0.4 is 10.3 Å². The Balaban J connectivity index is 1.69. The minimum absolute atomic E-state index is 0.0340. The molecule has 0 unspecified atom stereocenters. The van der Waals surface area contributed by atoms with E-state index in [1.807, 2.05) is 36.1 Å². The number of benzene rings is 2. The summed E-state index contributed by atoms with van der Waals surface area (Å²) in [6.07, 6.45) is 5.39. The first-order valence-corrected chi connectivity index (χ1v) is 10.6. The van der Waals surface area contributed by atoms with Crippen LogP contribution in [0, 0.1) is 6.92 Å². The number of H-pyrrole nitrogens is 1. The summed E-state index contributed by atoms with van der Waals surface area (Å²) in [7, 11) is 1.61. The maximum Gasteiger partial charge on any atom is 0.254 e. The van der Waals surface area contributed by atoms with Crippen molar-refractivity contribution < 1.29 is 9.53 Å². The van der Waals surface area contributed by atoms with Gasteiger partial charge >= 0.3 is 0 Å². The number of methoxy groups -OCH3 is 1. The van der Waals surface area contributed by atoms with E-state index in [-0.39, 0.29) is 17.5 Å². The molecular weight excluding hydrogens is 376 g/mol. The molecule has 4 rings (SSSR count). The number of aromatic nitrogens is 1. The van der Waals surface area contributed by atoms with E-state index in [9.17, 15) is 9.59 Å². The molecule has 1 aliphatic carbocycles. The zero-order valence-corrected chi connectivity index (χ0v) is 17.6. The van der Waals surface area contributed by atoms with Crippen LogP contribution in [0.2, 0.25) is 0 Å². The number of ether oxygens (including phenoxy) is 1. The van der Waals surface area contributed by atoms with Crippen LogP contribution >= 0.6 is 0 Å². The second kappa shape index (κ2) is 8.74. The van der Waals surface area contributed by atoms with Crippen LogP contribution in [0.1, 0.15) is 53.6 Å². The van der Waals surface area contributed by atoms with Gasteiger partial charge in [0.2, 0.25) is 0 Å². The van der Waals surface area contributed by atoms with Gasteiger partial charge in [-0.1, -0.05) is 37.5 Å². The zero-order chi connectivity index (χ0) is 21.1.